The van der Waals surface area contributed by atoms with Gasteiger partial charge in [0.15, 0.2) is 0 Å². The Bertz CT molecular complexity index is 406. The summed E-state index contributed by atoms with van der Waals surface area (Å²) in [6.45, 7) is 0.295. The van der Waals surface area contributed by atoms with Gasteiger partial charge in [-0.3, -0.25) is 0 Å². The van der Waals surface area contributed by atoms with Gasteiger partial charge in [-0.2, -0.15) is 0 Å². The molecule has 0 saturated heterocycles. The van der Waals surface area contributed by atoms with E-state index in [1.54, 1.807) is 6.20 Å². The second-order valence-corrected chi connectivity index (χ2v) is 4.80. The first-order valence-electron chi connectivity index (χ1n) is 5.74. The fourth-order valence-corrected chi connectivity index (χ4v) is 2.14. The molecule has 0 aliphatic rings. The minimum Gasteiger partial charge on any atom is -0.491 e. The van der Waals surface area contributed by atoms with Gasteiger partial charge in [-0.1, -0.05) is 24.3 Å². The van der Waals surface area contributed by atoms with Crippen LogP contribution in [0.25, 0.3) is 0 Å². The molecule has 94 valence electrons. The minimum atomic E-state index is -0.503. The van der Waals surface area contributed by atoms with Crippen LogP contribution in [0.3, 0.4) is 0 Å². The molecule has 0 radical (unpaired) electrons. The summed E-state index contributed by atoms with van der Waals surface area (Å²) in [5.74, 6) is 1.35. The van der Waals surface area contributed by atoms with Gasteiger partial charge in [-0.25, -0.2) is 4.98 Å². The number of aliphatic hydroxyl groups excluding tert-OH is 1. The molecule has 4 heteroatoms. The number of rotatable bonds is 6. The van der Waals surface area contributed by atoms with Crippen LogP contribution < -0.4 is 4.74 Å². The molecule has 1 aromatic heterocycles. The molecule has 2 rings (SSSR count). The summed E-state index contributed by atoms with van der Waals surface area (Å²) in [6.07, 6.45) is 1.24. The van der Waals surface area contributed by atoms with E-state index in [0.29, 0.717) is 12.4 Å². The third kappa shape index (κ3) is 4.39. The lowest BCUT2D eigenvalue weighted by atomic mass is 10.3. The van der Waals surface area contributed by atoms with Gasteiger partial charge in [0.25, 0.3) is 0 Å². The first kappa shape index (κ1) is 12.9. The molecule has 0 fully saturated rings. The summed E-state index contributed by atoms with van der Waals surface area (Å²) in [6, 6.07) is 15.2. The van der Waals surface area contributed by atoms with Crippen LogP contribution in [0, 0.1) is 0 Å². The van der Waals surface area contributed by atoms with Gasteiger partial charge >= 0.3 is 0 Å². The predicted molar refractivity (Wildman–Crippen MR) is 72.9 cm³/mol. The lowest BCUT2D eigenvalue weighted by Gasteiger charge is -2.11. The Morgan fingerprint density at radius 2 is 1.89 bits per heavy atom. The maximum absolute atomic E-state index is 9.80. The van der Waals surface area contributed by atoms with E-state index in [1.165, 1.54) is 11.8 Å². The Morgan fingerprint density at radius 3 is 2.61 bits per heavy atom. The zero-order chi connectivity index (χ0) is 12.6. The average Bonchev–Trinajstić information content (AvgIpc) is 2.45. The van der Waals surface area contributed by atoms with Crippen LogP contribution in [-0.4, -0.2) is 28.6 Å². The van der Waals surface area contributed by atoms with E-state index < -0.39 is 6.10 Å². The number of ether oxygens (including phenoxy) is 1. The van der Waals surface area contributed by atoms with E-state index in [1.807, 2.05) is 48.5 Å². The number of thioether (sulfide) groups is 1. The van der Waals surface area contributed by atoms with Gasteiger partial charge in [-0.05, 0) is 24.3 Å². The van der Waals surface area contributed by atoms with Crippen molar-refractivity contribution >= 4 is 11.8 Å². The lowest BCUT2D eigenvalue weighted by Crippen LogP contribution is -2.20. The van der Waals surface area contributed by atoms with Crippen LogP contribution in [0.5, 0.6) is 5.75 Å². The Hall–Kier alpha value is -1.52. The second kappa shape index (κ2) is 7.03. The van der Waals surface area contributed by atoms with Gasteiger partial charge < -0.3 is 9.84 Å². The van der Waals surface area contributed by atoms with Crippen LogP contribution in [0.15, 0.2) is 59.8 Å². The number of hydrogen-bond donors (Lipinski definition) is 1. The second-order valence-electron chi connectivity index (χ2n) is 3.76. The maximum Gasteiger partial charge on any atom is 0.119 e. The van der Waals surface area contributed by atoms with Crippen molar-refractivity contribution < 1.29 is 9.84 Å². The van der Waals surface area contributed by atoms with Crippen LogP contribution in [0.1, 0.15) is 0 Å². The van der Waals surface area contributed by atoms with Gasteiger partial charge in [0.05, 0.1) is 11.1 Å². The fourth-order valence-electron chi connectivity index (χ4n) is 1.37. The number of hydrogen-bond acceptors (Lipinski definition) is 4. The van der Waals surface area contributed by atoms with Crippen molar-refractivity contribution in [2.24, 2.45) is 0 Å². The van der Waals surface area contributed by atoms with Crippen molar-refractivity contribution in [2.75, 3.05) is 12.4 Å². The molecular formula is C14H15NO2S. The average molecular weight is 261 g/mol. The van der Waals surface area contributed by atoms with E-state index in [0.717, 1.165) is 10.8 Å². The molecule has 0 saturated carbocycles. The number of nitrogens with zero attached hydrogens (tertiary/aromatic N) is 1. The van der Waals surface area contributed by atoms with Crippen LogP contribution >= 0.6 is 11.8 Å². The number of aliphatic hydroxyl groups is 1. The maximum atomic E-state index is 9.80. The summed E-state index contributed by atoms with van der Waals surface area (Å²) >= 11 is 1.52. The zero-order valence-corrected chi connectivity index (χ0v) is 10.7. The minimum absolute atomic E-state index is 0.295. The standard InChI is InChI=1S/C14H15NO2S/c16-12(10-17-13-6-2-1-3-7-13)11-18-14-8-4-5-9-15-14/h1-9,12,16H,10-11H2. The lowest BCUT2D eigenvalue weighted by molar-refractivity contribution is 0.126. The van der Waals surface area contributed by atoms with Crippen molar-refractivity contribution in [1.82, 2.24) is 4.98 Å². The Balaban J connectivity index is 1.71. The molecule has 1 atom stereocenters. The molecule has 0 spiro atoms. The number of benzene rings is 1. The van der Waals surface area contributed by atoms with Crippen molar-refractivity contribution in [3.8, 4) is 5.75 Å². The number of aromatic nitrogens is 1. The normalized spacial score (nSPS) is 12.1. The van der Waals surface area contributed by atoms with Crippen LogP contribution in [0.2, 0.25) is 0 Å². The molecule has 2 aromatic rings. The number of para-hydroxylation sites is 1. The van der Waals surface area contributed by atoms with Gasteiger partial charge in [0.1, 0.15) is 12.4 Å². The highest BCUT2D eigenvalue weighted by Gasteiger charge is 2.06. The Morgan fingerprint density at radius 1 is 1.11 bits per heavy atom. The monoisotopic (exact) mass is 261 g/mol. The van der Waals surface area contributed by atoms with Crippen molar-refractivity contribution in [1.29, 1.82) is 0 Å². The summed E-state index contributed by atoms with van der Waals surface area (Å²) in [5.41, 5.74) is 0. The molecule has 0 aliphatic heterocycles. The molecule has 0 aliphatic carbocycles. The van der Waals surface area contributed by atoms with Crippen LogP contribution in [-0.2, 0) is 0 Å². The SMILES string of the molecule is OC(COc1ccccc1)CSc1ccccn1. The van der Waals surface area contributed by atoms with Crippen molar-refractivity contribution in [3.05, 3.63) is 54.7 Å². The zero-order valence-electron chi connectivity index (χ0n) is 9.90. The predicted octanol–water partition coefficient (Wildman–Crippen LogP) is 2.61. The molecular weight excluding hydrogens is 246 g/mol. The topological polar surface area (TPSA) is 42.4 Å². The first-order chi connectivity index (χ1) is 8.84. The molecule has 0 amide bonds. The van der Waals surface area contributed by atoms with Gasteiger partial charge in [0.2, 0.25) is 0 Å². The molecule has 3 nitrogen and oxygen atoms in total. The molecule has 1 unspecified atom stereocenters. The van der Waals surface area contributed by atoms with Crippen molar-refractivity contribution in [3.63, 3.8) is 0 Å². The highest BCUT2D eigenvalue weighted by atomic mass is 32.2. The summed E-state index contributed by atoms with van der Waals surface area (Å²) in [4.78, 5) is 4.18. The molecule has 0 bridgehead atoms. The smallest absolute Gasteiger partial charge is 0.119 e. The van der Waals surface area contributed by atoms with E-state index in [9.17, 15) is 5.11 Å². The molecule has 18 heavy (non-hydrogen) atoms. The first-order valence-corrected chi connectivity index (χ1v) is 6.73. The van der Waals surface area contributed by atoms with E-state index in [4.69, 9.17) is 4.74 Å². The van der Waals surface area contributed by atoms with Gasteiger partial charge in [-0.15, -0.1) is 11.8 Å². The summed E-state index contributed by atoms with van der Waals surface area (Å²) in [7, 11) is 0. The largest absolute Gasteiger partial charge is 0.491 e. The fraction of sp³-hybridized carbons (Fsp3) is 0.214. The van der Waals surface area contributed by atoms with Gasteiger partial charge in [0, 0.05) is 11.9 Å². The highest BCUT2D eigenvalue weighted by molar-refractivity contribution is 7.99. The van der Waals surface area contributed by atoms with Crippen molar-refractivity contribution in [2.45, 2.75) is 11.1 Å². The van der Waals surface area contributed by atoms with E-state index in [2.05, 4.69) is 4.98 Å². The molecule has 1 heterocycles. The highest BCUT2D eigenvalue weighted by Crippen LogP contribution is 2.16. The molecule has 1 N–H and O–H groups in total. The van der Waals surface area contributed by atoms with E-state index in [-0.39, 0.29) is 0 Å². The quantitative estimate of drug-likeness (QED) is 0.812. The third-order valence-electron chi connectivity index (χ3n) is 2.25. The molecule has 1 aromatic carbocycles. The Kier molecular flexibility index (Phi) is 5.05. The summed E-state index contributed by atoms with van der Waals surface area (Å²) < 4.78 is 5.47. The Labute approximate surface area is 111 Å². The van der Waals surface area contributed by atoms with E-state index >= 15 is 0 Å². The van der Waals surface area contributed by atoms with Crippen LogP contribution in [0.4, 0.5) is 0 Å². The number of pyridine rings is 1. The summed E-state index contributed by atoms with van der Waals surface area (Å²) in [5, 5.41) is 10.7. The third-order valence-corrected chi connectivity index (χ3v) is 3.34.